The molecule has 4 nitrogen and oxygen atoms in total. The van der Waals surface area contributed by atoms with Gasteiger partial charge in [0.15, 0.2) is 0 Å². The van der Waals surface area contributed by atoms with Gasteiger partial charge < -0.3 is 9.68 Å². The lowest BCUT2D eigenvalue weighted by atomic mass is 10.00. The fraction of sp³-hybridized carbons (Fsp3) is 0.222. The largest absolute Gasteiger partial charge is 0.392 e. The molecule has 126 valence electrons. The van der Waals surface area contributed by atoms with E-state index in [-0.39, 0.29) is 13.2 Å². The summed E-state index contributed by atoms with van der Waals surface area (Å²) in [6, 6.07) is 18.4. The van der Waals surface area contributed by atoms with Gasteiger partial charge in [-0.25, -0.2) is 8.78 Å². The Kier molecular flexibility index (Phi) is 7.40. The summed E-state index contributed by atoms with van der Waals surface area (Å²) < 4.78 is 24.7. The predicted octanol–water partition coefficient (Wildman–Crippen LogP) is 3.77. The second kappa shape index (κ2) is 10.1. The first-order valence-corrected chi connectivity index (χ1v) is 7.50. The van der Waals surface area contributed by atoms with Crippen molar-refractivity contribution in [2.45, 2.75) is 0 Å². The molecule has 0 radical (unpaired) electrons. The average Bonchev–Trinajstić information content (AvgIpc) is 2.65. The van der Waals surface area contributed by atoms with Crippen molar-refractivity contribution >= 4 is 11.4 Å². The number of hydrogen-bond donors (Lipinski definition) is 0. The van der Waals surface area contributed by atoms with Gasteiger partial charge in [-0.2, -0.15) is 0 Å². The number of rotatable bonds is 9. The highest BCUT2D eigenvalue weighted by Gasteiger charge is 2.16. The molecule has 0 saturated heterocycles. The number of oxime groups is 2. The highest BCUT2D eigenvalue weighted by atomic mass is 19.1. The fourth-order valence-electron chi connectivity index (χ4n) is 1.95. The third-order valence-corrected chi connectivity index (χ3v) is 2.97. The maximum absolute atomic E-state index is 12.3. The van der Waals surface area contributed by atoms with Crippen molar-refractivity contribution in [3.05, 3.63) is 71.8 Å². The minimum Gasteiger partial charge on any atom is -0.392 e. The van der Waals surface area contributed by atoms with Crippen LogP contribution in [-0.2, 0) is 9.68 Å². The Balaban J connectivity index is 2.44. The summed E-state index contributed by atoms with van der Waals surface area (Å²) in [7, 11) is 0. The molecular weight excluding hydrogens is 314 g/mol. The van der Waals surface area contributed by atoms with E-state index in [0.717, 1.165) is 11.1 Å². The number of halogens is 2. The SMILES string of the molecule is FCCO/N=C(/C(=N/OCCF)c1ccccc1)c1ccccc1. The summed E-state index contributed by atoms with van der Waals surface area (Å²) in [4.78, 5) is 10.0. The molecule has 0 unspecified atom stereocenters. The van der Waals surface area contributed by atoms with Crippen molar-refractivity contribution in [1.29, 1.82) is 0 Å². The highest BCUT2D eigenvalue weighted by molar-refractivity contribution is 6.53. The Morgan fingerprint density at radius 1 is 0.667 bits per heavy atom. The summed E-state index contributed by atoms with van der Waals surface area (Å²) in [6.45, 7) is -1.63. The minimum absolute atomic E-state index is 0.163. The molecule has 0 amide bonds. The van der Waals surface area contributed by atoms with Gasteiger partial charge in [-0.15, -0.1) is 0 Å². The van der Waals surface area contributed by atoms with Gasteiger partial charge in [-0.05, 0) is 0 Å². The molecule has 6 heteroatoms. The van der Waals surface area contributed by atoms with E-state index < -0.39 is 13.3 Å². The summed E-state index contributed by atoms with van der Waals surface area (Å²) in [5, 5.41) is 8.02. The zero-order valence-electron chi connectivity index (χ0n) is 13.1. The second-order valence-electron chi connectivity index (χ2n) is 4.66. The van der Waals surface area contributed by atoms with Gasteiger partial charge in [-0.3, -0.25) is 0 Å². The summed E-state index contributed by atoms with van der Waals surface area (Å²) in [6.07, 6.45) is 0. The lowest BCUT2D eigenvalue weighted by molar-refractivity contribution is 0.125. The first kappa shape index (κ1) is 17.6. The molecule has 2 aromatic rings. The fourth-order valence-corrected chi connectivity index (χ4v) is 1.95. The molecule has 24 heavy (non-hydrogen) atoms. The Morgan fingerprint density at radius 3 is 1.38 bits per heavy atom. The van der Waals surface area contributed by atoms with E-state index in [1.807, 2.05) is 60.7 Å². The van der Waals surface area contributed by atoms with E-state index in [1.54, 1.807) is 0 Å². The Hall–Kier alpha value is -2.76. The van der Waals surface area contributed by atoms with Crippen LogP contribution in [0.2, 0.25) is 0 Å². The summed E-state index contributed by atoms with van der Waals surface area (Å²) in [5.41, 5.74) is 2.22. The molecule has 0 atom stereocenters. The van der Waals surface area contributed by atoms with Crippen LogP contribution in [0.1, 0.15) is 11.1 Å². The highest BCUT2D eigenvalue weighted by Crippen LogP contribution is 2.11. The van der Waals surface area contributed by atoms with Crippen LogP contribution in [-0.4, -0.2) is 38.0 Å². The predicted molar refractivity (Wildman–Crippen MR) is 89.8 cm³/mol. The van der Waals surface area contributed by atoms with Crippen LogP contribution >= 0.6 is 0 Å². The van der Waals surface area contributed by atoms with E-state index >= 15 is 0 Å². The molecule has 2 rings (SSSR count). The molecule has 0 aliphatic carbocycles. The van der Waals surface area contributed by atoms with E-state index in [9.17, 15) is 8.78 Å². The van der Waals surface area contributed by atoms with Crippen LogP contribution in [0.3, 0.4) is 0 Å². The quantitative estimate of drug-likeness (QED) is 0.398. The van der Waals surface area contributed by atoms with Gasteiger partial charge >= 0.3 is 0 Å². The molecule has 0 fully saturated rings. The summed E-state index contributed by atoms with van der Waals surface area (Å²) in [5.74, 6) is 0. The Bertz CT molecular complexity index is 602. The Labute approximate surface area is 139 Å². The number of alkyl halides is 2. The molecule has 0 aliphatic rings. The molecule has 2 aromatic carbocycles. The van der Waals surface area contributed by atoms with Gasteiger partial charge in [0.05, 0.1) is 0 Å². The zero-order chi connectivity index (χ0) is 17.0. The zero-order valence-corrected chi connectivity index (χ0v) is 13.1. The third-order valence-electron chi connectivity index (χ3n) is 2.97. The smallest absolute Gasteiger partial charge is 0.145 e. The van der Waals surface area contributed by atoms with Crippen molar-refractivity contribution in [1.82, 2.24) is 0 Å². The van der Waals surface area contributed by atoms with Crippen LogP contribution in [0, 0.1) is 0 Å². The molecule has 0 spiro atoms. The van der Waals surface area contributed by atoms with Crippen LogP contribution in [0.4, 0.5) is 8.78 Å². The monoisotopic (exact) mass is 332 g/mol. The first-order chi connectivity index (χ1) is 11.9. The van der Waals surface area contributed by atoms with E-state index in [0.29, 0.717) is 11.4 Å². The lowest BCUT2D eigenvalue weighted by Crippen LogP contribution is -2.19. The maximum Gasteiger partial charge on any atom is 0.145 e. The van der Waals surface area contributed by atoms with Crippen molar-refractivity contribution < 1.29 is 18.5 Å². The van der Waals surface area contributed by atoms with Crippen LogP contribution in [0.25, 0.3) is 0 Å². The Morgan fingerprint density at radius 2 is 1.04 bits per heavy atom. The molecule has 0 bridgehead atoms. The van der Waals surface area contributed by atoms with Crippen LogP contribution in [0.15, 0.2) is 71.0 Å². The van der Waals surface area contributed by atoms with Crippen LogP contribution in [0.5, 0.6) is 0 Å². The van der Waals surface area contributed by atoms with Gasteiger partial charge in [0, 0.05) is 11.1 Å². The standard InChI is InChI=1S/C18H18F2N2O2/c19-11-13-23-21-17(15-7-3-1-4-8-15)18(22-24-14-12-20)16-9-5-2-6-10-16/h1-10H,11-14H2/b21-17+,22-18+. The number of benzene rings is 2. The van der Waals surface area contributed by atoms with Crippen molar-refractivity contribution in [3.63, 3.8) is 0 Å². The average molecular weight is 332 g/mol. The second-order valence-corrected chi connectivity index (χ2v) is 4.66. The molecule has 0 saturated carbocycles. The van der Waals surface area contributed by atoms with E-state index in [2.05, 4.69) is 10.3 Å². The van der Waals surface area contributed by atoms with Crippen molar-refractivity contribution in [3.8, 4) is 0 Å². The normalized spacial score (nSPS) is 12.1. The first-order valence-electron chi connectivity index (χ1n) is 7.50. The maximum atomic E-state index is 12.3. The minimum atomic E-state index is -0.651. The van der Waals surface area contributed by atoms with Gasteiger partial charge in [-0.1, -0.05) is 71.0 Å². The molecule has 0 N–H and O–H groups in total. The van der Waals surface area contributed by atoms with Gasteiger partial charge in [0.2, 0.25) is 0 Å². The van der Waals surface area contributed by atoms with Crippen LogP contribution < -0.4 is 0 Å². The van der Waals surface area contributed by atoms with E-state index in [4.69, 9.17) is 9.68 Å². The van der Waals surface area contributed by atoms with Crippen molar-refractivity contribution in [2.24, 2.45) is 10.3 Å². The lowest BCUT2D eigenvalue weighted by Gasteiger charge is -2.10. The topological polar surface area (TPSA) is 43.2 Å². The number of hydrogen-bond acceptors (Lipinski definition) is 4. The molecule has 0 aliphatic heterocycles. The van der Waals surface area contributed by atoms with Gasteiger partial charge in [0.25, 0.3) is 0 Å². The summed E-state index contributed by atoms with van der Waals surface area (Å²) >= 11 is 0. The van der Waals surface area contributed by atoms with Gasteiger partial charge in [0.1, 0.15) is 38.0 Å². The number of nitrogens with zero attached hydrogens (tertiary/aromatic N) is 2. The molecule has 0 heterocycles. The molecule has 0 aromatic heterocycles. The van der Waals surface area contributed by atoms with Crippen molar-refractivity contribution in [2.75, 3.05) is 26.6 Å². The van der Waals surface area contributed by atoms with E-state index in [1.165, 1.54) is 0 Å². The third kappa shape index (κ3) is 5.15. The molecular formula is C18H18F2N2O2.